The summed E-state index contributed by atoms with van der Waals surface area (Å²) in [6, 6.07) is 1.73. The Kier molecular flexibility index (Phi) is 2.72. The van der Waals surface area contributed by atoms with Crippen LogP contribution in [0.4, 0.5) is 0 Å². The Morgan fingerprint density at radius 3 is 3.00 bits per heavy atom. The highest BCUT2D eigenvalue weighted by Crippen LogP contribution is 2.08. The SMILES string of the molecule is ClC=Cc1cn[c]c(Cl)c1. The minimum Gasteiger partial charge on any atom is -0.252 e. The van der Waals surface area contributed by atoms with Crippen LogP contribution < -0.4 is 0 Å². The Morgan fingerprint density at radius 1 is 1.60 bits per heavy atom. The molecule has 3 heteroatoms. The van der Waals surface area contributed by atoms with Crippen LogP contribution in [0.15, 0.2) is 17.8 Å². The molecule has 1 aromatic heterocycles. The van der Waals surface area contributed by atoms with Gasteiger partial charge in [0.25, 0.3) is 0 Å². The van der Waals surface area contributed by atoms with Gasteiger partial charge in [0.2, 0.25) is 0 Å². The van der Waals surface area contributed by atoms with E-state index in [-0.39, 0.29) is 0 Å². The zero-order valence-corrected chi connectivity index (χ0v) is 6.52. The van der Waals surface area contributed by atoms with Gasteiger partial charge in [0, 0.05) is 11.7 Å². The minimum atomic E-state index is 0.493. The molecule has 1 radical (unpaired) electrons. The van der Waals surface area contributed by atoms with E-state index in [1.165, 1.54) is 5.54 Å². The number of hydrogen-bond acceptors (Lipinski definition) is 1. The number of aromatic nitrogens is 1. The van der Waals surface area contributed by atoms with Crippen molar-refractivity contribution in [3.8, 4) is 0 Å². The van der Waals surface area contributed by atoms with Crippen molar-refractivity contribution < 1.29 is 0 Å². The van der Waals surface area contributed by atoms with Gasteiger partial charge < -0.3 is 0 Å². The molecule has 0 fully saturated rings. The Morgan fingerprint density at radius 2 is 2.40 bits per heavy atom. The van der Waals surface area contributed by atoms with Gasteiger partial charge in [-0.15, -0.1) is 0 Å². The van der Waals surface area contributed by atoms with Crippen LogP contribution in [0.25, 0.3) is 6.08 Å². The van der Waals surface area contributed by atoms with Gasteiger partial charge in [-0.25, -0.2) is 0 Å². The third-order valence-electron chi connectivity index (χ3n) is 0.934. The van der Waals surface area contributed by atoms with Crippen LogP contribution in [-0.4, -0.2) is 4.98 Å². The largest absolute Gasteiger partial charge is 0.252 e. The van der Waals surface area contributed by atoms with Gasteiger partial charge in [-0.05, 0) is 17.7 Å². The second kappa shape index (κ2) is 3.59. The Bertz CT molecular complexity index is 245. The first-order valence-electron chi connectivity index (χ1n) is 2.63. The smallest absolute Gasteiger partial charge is 0.109 e. The number of rotatable bonds is 1. The van der Waals surface area contributed by atoms with Crippen molar-refractivity contribution in [2.24, 2.45) is 0 Å². The molecular formula is C7H4Cl2N. The molecule has 0 atom stereocenters. The topological polar surface area (TPSA) is 12.9 Å². The van der Waals surface area contributed by atoms with E-state index in [1.54, 1.807) is 18.3 Å². The van der Waals surface area contributed by atoms with Crippen molar-refractivity contribution in [1.82, 2.24) is 4.98 Å². The predicted octanol–water partition coefficient (Wildman–Crippen LogP) is 2.74. The summed E-state index contributed by atoms with van der Waals surface area (Å²) in [5.74, 6) is 0. The lowest BCUT2D eigenvalue weighted by Gasteiger charge is -1.89. The molecule has 0 aliphatic rings. The van der Waals surface area contributed by atoms with Crippen LogP contribution >= 0.6 is 23.2 Å². The molecule has 0 aliphatic carbocycles. The van der Waals surface area contributed by atoms with Gasteiger partial charge in [-0.2, -0.15) is 0 Å². The van der Waals surface area contributed by atoms with Crippen LogP contribution in [0, 0.1) is 6.20 Å². The molecular weight excluding hydrogens is 169 g/mol. The van der Waals surface area contributed by atoms with E-state index in [4.69, 9.17) is 23.2 Å². The summed E-state index contributed by atoms with van der Waals surface area (Å²) in [5, 5.41) is 0.493. The maximum Gasteiger partial charge on any atom is 0.109 e. The van der Waals surface area contributed by atoms with Crippen LogP contribution in [0.2, 0.25) is 5.02 Å². The van der Waals surface area contributed by atoms with Gasteiger partial charge in [0.1, 0.15) is 6.20 Å². The molecule has 51 valence electrons. The van der Waals surface area contributed by atoms with E-state index >= 15 is 0 Å². The van der Waals surface area contributed by atoms with Gasteiger partial charge in [0.15, 0.2) is 0 Å². The van der Waals surface area contributed by atoms with Gasteiger partial charge in [0.05, 0.1) is 5.02 Å². The quantitative estimate of drug-likeness (QED) is 0.636. The highest BCUT2D eigenvalue weighted by atomic mass is 35.5. The van der Waals surface area contributed by atoms with Gasteiger partial charge in [-0.3, -0.25) is 4.98 Å². The molecule has 0 saturated carbocycles. The van der Waals surface area contributed by atoms with E-state index in [1.807, 2.05) is 0 Å². The van der Waals surface area contributed by atoms with E-state index in [0.29, 0.717) is 5.02 Å². The molecule has 10 heavy (non-hydrogen) atoms. The monoisotopic (exact) mass is 172 g/mol. The van der Waals surface area contributed by atoms with Gasteiger partial charge >= 0.3 is 0 Å². The van der Waals surface area contributed by atoms with E-state index in [0.717, 1.165) is 5.56 Å². The number of nitrogens with zero attached hydrogens (tertiary/aromatic N) is 1. The molecule has 1 aromatic rings. The zero-order valence-electron chi connectivity index (χ0n) is 5.01. The van der Waals surface area contributed by atoms with Crippen molar-refractivity contribution >= 4 is 29.3 Å². The normalized spacial score (nSPS) is 10.6. The number of halogens is 2. The zero-order chi connectivity index (χ0) is 7.40. The Balaban J connectivity index is 2.95. The second-order valence-corrected chi connectivity index (χ2v) is 2.31. The summed E-state index contributed by atoms with van der Waals surface area (Å²) in [7, 11) is 0. The molecule has 1 heterocycles. The lowest BCUT2D eigenvalue weighted by atomic mass is 10.3. The van der Waals surface area contributed by atoms with E-state index in [9.17, 15) is 0 Å². The summed E-state index contributed by atoms with van der Waals surface area (Å²) in [5.41, 5.74) is 2.28. The lowest BCUT2D eigenvalue weighted by molar-refractivity contribution is 1.30. The molecule has 0 amide bonds. The highest BCUT2D eigenvalue weighted by molar-refractivity contribution is 6.30. The average Bonchev–Trinajstić information content (AvgIpc) is 1.88. The fourth-order valence-corrected chi connectivity index (χ4v) is 0.868. The van der Waals surface area contributed by atoms with E-state index in [2.05, 4.69) is 11.2 Å². The molecule has 1 nitrogen and oxygen atoms in total. The molecule has 0 saturated heterocycles. The van der Waals surface area contributed by atoms with E-state index < -0.39 is 0 Å². The number of hydrogen-bond donors (Lipinski definition) is 0. The molecule has 0 unspecified atom stereocenters. The average molecular weight is 173 g/mol. The number of pyridine rings is 1. The summed E-state index contributed by atoms with van der Waals surface area (Å²) in [6.07, 6.45) is 5.90. The fraction of sp³-hybridized carbons (Fsp3) is 0. The first-order valence-corrected chi connectivity index (χ1v) is 3.44. The molecule has 0 bridgehead atoms. The third-order valence-corrected chi connectivity index (χ3v) is 1.25. The molecule has 1 rings (SSSR count). The third kappa shape index (κ3) is 2.01. The van der Waals surface area contributed by atoms with Crippen molar-refractivity contribution in [3.63, 3.8) is 0 Å². The van der Waals surface area contributed by atoms with Crippen molar-refractivity contribution in [2.75, 3.05) is 0 Å². The highest BCUT2D eigenvalue weighted by Gasteiger charge is 1.88. The van der Waals surface area contributed by atoms with Crippen molar-refractivity contribution in [2.45, 2.75) is 0 Å². The van der Waals surface area contributed by atoms with Crippen LogP contribution in [-0.2, 0) is 0 Å². The van der Waals surface area contributed by atoms with Crippen LogP contribution in [0.1, 0.15) is 5.56 Å². The van der Waals surface area contributed by atoms with Crippen LogP contribution in [0.3, 0.4) is 0 Å². The maximum atomic E-state index is 5.59. The van der Waals surface area contributed by atoms with Gasteiger partial charge in [-0.1, -0.05) is 23.2 Å². The van der Waals surface area contributed by atoms with Crippen molar-refractivity contribution in [3.05, 3.63) is 34.6 Å². The Labute approximate surface area is 69.3 Å². The standard InChI is InChI=1S/C7H4Cl2N/c8-2-1-6-3-7(9)5-10-4-6/h1-4H. The molecule has 0 aromatic carbocycles. The summed E-state index contributed by atoms with van der Waals surface area (Å²) in [4.78, 5) is 3.74. The first kappa shape index (κ1) is 7.58. The second-order valence-electron chi connectivity index (χ2n) is 1.65. The molecule has 0 spiro atoms. The van der Waals surface area contributed by atoms with Crippen LogP contribution in [0.5, 0.6) is 0 Å². The fourth-order valence-electron chi connectivity index (χ4n) is 0.548. The summed E-state index contributed by atoms with van der Waals surface area (Å²) in [6.45, 7) is 0. The molecule has 0 aliphatic heterocycles. The summed E-state index contributed by atoms with van der Waals surface area (Å²) >= 11 is 10.9. The minimum absolute atomic E-state index is 0.493. The maximum absolute atomic E-state index is 5.59. The predicted molar refractivity (Wildman–Crippen MR) is 43.0 cm³/mol. The summed E-state index contributed by atoms with van der Waals surface area (Å²) < 4.78 is 0. The Hall–Kier alpha value is -0.530. The first-order chi connectivity index (χ1) is 4.83. The van der Waals surface area contributed by atoms with Crippen molar-refractivity contribution in [1.29, 1.82) is 0 Å². The lowest BCUT2D eigenvalue weighted by Crippen LogP contribution is -1.75. The molecule has 0 N–H and O–H groups in total.